The second-order valence-corrected chi connectivity index (χ2v) is 4.44. The molecule has 94 valence electrons. The first-order chi connectivity index (χ1) is 8.16. The molecule has 1 aliphatic heterocycles. The van der Waals surface area contributed by atoms with Crippen LogP contribution in [0.4, 0.5) is 4.39 Å². The molecule has 0 amide bonds. The van der Waals surface area contributed by atoms with Gasteiger partial charge in [-0.15, -0.1) is 0 Å². The molecule has 1 heterocycles. The number of morpholine rings is 1. The van der Waals surface area contributed by atoms with Gasteiger partial charge in [0.25, 0.3) is 0 Å². The number of hydrogen-bond acceptors (Lipinski definition) is 3. The quantitative estimate of drug-likeness (QED) is 0.877. The molecule has 1 N–H and O–H groups in total. The second kappa shape index (κ2) is 5.47. The molecule has 1 aromatic rings. The van der Waals surface area contributed by atoms with Gasteiger partial charge in [-0.1, -0.05) is 6.07 Å². The van der Waals surface area contributed by atoms with Crippen LogP contribution in [0.3, 0.4) is 0 Å². The van der Waals surface area contributed by atoms with Crippen molar-refractivity contribution in [3.63, 3.8) is 0 Å². The molecule has 1 aromatic carbocycles. The number of nitrogens with one attached hydrogen (secondary N) is 1. The van der Waals surface area contributed by atoms with Crippen LogP contribution in [0.2, 0.25) is 0 Å². The number of ether oxygens (including phenoxy) is 2. The molecule has 1 unspecified atom stereocenters. The van der Waals surface area contributed by atoms with Crippen LogP contribution in [0.1, 0.15) is 25.5 Å². The van der Waals surface area contributed by atoms with Gasteiger partial charge in [0, 0.05) is 6.54 Å². The first-order valence-corrected chi connectivity index (χ1v) is 5.94. The highest BCUT2D eigenvalue weighted by Gasteiger charge is 2.17. The van der Waals surface area contributed by atoms with E-state index < -0.39 is 0 Å². The molecule has 0 radical (unpaired) electrons. The summed E-state index contributed by atoms with van der Waals surface area (Å²) in [5.74, 6) is -0.0101. The molecule has 0 bridgehead atoms. The summed E-state index contributed by atoms with van der Waals surface area (Å²) >= 11 is 0. The maximum atomic E-state index is 13.8. The molecule has 0 aromatic heterocycles. The Bertz CT molecular complexity index is 376. The summed E-state index contributed by atoms with van der Waals surface area (Å²) in [6.45, 7) is 5.86. The van der Waals surface area contributed by atoms with Gasteiger partial charge in [0.1, 0.15) is 0 Å². The minimum atomic E-state index is -0.316. The molecule has 0 spiro atoms. The first kappa shape index (κ1) is 12.3. The summed E-state index contributed by atoms with van der Waals surface area (Å²) in [6, 6.07) is 5.16. The molecule has 1 fully saturated rings. The predicted octanol–water partition coefficient (Wildman–Crippen LogP) is 2.27. The fourth-order valence-corrected chi connectivity index (χ4v) is 1.86. The fraction of sp³-hybridized carbons (Fsp3) is 0.538. The lowest BCUT2D eigenvalue weighted by molar-refractivity contribution is 0.0767. The van der Waals surface area contributed by atoms with Crippen LogP contribution >= 0.6 is 0 Å². The Morgan fingerprint density at radius 2 is 2.29 bits per heavy atom. The molecule has 1 atom stereocenters. The van der Waals surface area contributed by atoms with Gasteiger partial charge in [-0.05, 0) is 31.5 Å². The Hall–Kier alpha value is -1.13. The van der Waals surface area contributed by atoms with Crippen molar-refractivity contribution in [1.29, 1.82) is 0 Å². The average molecular weight is 239 g/mol. The van der Waals surface area contributed by atoms with Crippen LogP contribution < -0.4 is 10.1 Å². The van der Waals surface area contributed by atoms with Crippen LogP contribution in [0.25, 0.3) is 0 Å². The van der Waals surface area contributed by atoms with Crippen LogP contribution in [-0.4, -0.2) is 25.9 Å². The Morgan fingerprint density at radius 3 is 2.88 bits per heavy atom. The van der Waals surface area contributed by atoms with E-state index in [-0.39, 0.29) is 18.0 Å². The van der Waals surface area contributed by atoms with E-state index in [1.165, 1.54) is 6.07 Å². The highest BCUT2D eigenvalue weighted by Crippen LogP contribution is 2.24. The lowest BCUT2D eigenvalue weighted by Crippen LogP contribution is -2.34. The van der Waals surface area contributed by atoms with Gasteiger partial charge >= 0.3 is 0 Å². The molecule has 1 aliphatic rings. The standard InChI is InChI=1S/C13H18FNO2/c1-9(2)17-13-4-3-10(7-11(13)14)12-8-16-6-5-15-12/h3-4,7,9,12,15H,5-6,8H2,1-2H3. The van der Waals surface area contributed by atoms with Gasteiger partial charge < -0.3 is 14.8 Å². The van der Waals surface area contributed by atoms with E-state index in [0.717, 1.165) is 12.1 Å². The van der Waals surface area contributed by atoms with E-state index in [4.69, 9.17) is 9.47 Å². The SMILES string of the molecule is CC(C)Oc1ccc(C2COCCN2)cc1F. The summed E-state index contributed by atoms with van der Waals surface area (Å²) in [5.41, 5.74) is 0.901. The van der Waals surface area contributed by atoms with E-state index in [0.29, 0.717) is 19.0 Å². The van der Waals surface area contributed by atoms with E-state index >= 15 is 0 Å². The Labute approximate surface area is 101 Å². The van der Waals surface area contributed by atoms with Crippen molar-refractivity contribution in [2.45, 2.75) is 26.0 Å². The number of rotatable bonds is 3. The van der Waals surface area contributed by atoms with Gasteiger partial charge in [0.05, 0.1) is 25.4 Å². The number of halogens is 1. The highest BCUT2D eigenvalue weighted by atomic mass is 19.1. The summed E-state index contributed by atoms with van der Waals surface area (Å²) < 4.78 is 24.5. The topological polar surface area (TPSA) is 30.5 Å². The number of hydrogen-bond donors (Lipinski definition) is 1. The second-order valence-electron chi connectivity index (χ2n) is 4.44. The van der Waals surface area contributed by atoms with E-state index in [1.807, 2.05) is 19.9 Å². The van der Waals surface area contributed by atoms with Gasteiger partial charge in [-0.25, -0.2) is 4.39 Å². The smallest absolute Gasteiger partial charge is 0.165 e. The van der Waals surface area contributed by atoms with Gasteiger partial charge in [0.2, 0.25) is 0 Å². The van der Waals surface area contributed by atoms with Crippen molar-refractivity contribution in [2.75, 3.05) is 19.8 Å². The maximum Gasteiger partial charge on any atom is 0.165 e. The maximum absolute atomic E-state index is 13.8. The molecule has 1 saturated heterocycles. The van der Waals surface area contributed by atoms with Crippen molar-refractivity contribution in [3.8, 4) is 5.75 Å². The van der Waals surface area contributed by atoms with Crippen molar-refractivity contribution in [2.24, 2.45) is 0 Å². The molecule has 4 heteroatoms. The average Bonchev–Trinajstić information content (AvgIpc) is 2.32. The molecule has 3 nitrogen and oxygen atoms in total. The van der Waals surface area contributed by atoms with E-state index in [9.17, 15) is 4.39 Å². The van der Waals surface area contributed by atoms with Crippen LogP contribution in [0.5, 0.6) is 5.75 Å². The number of benzene rings is 1. The zero-order valence-electron chi connectivity index (χ0n) is 10.2. The fourth-order valence-electron chi connectivity index (χ4n) is 1.86. The Kier molecular flexibility index (Phi) is 3.97. The molecule has 2 rings (SSSR count). The molecule has 0 saturated carbocycles. The lowest BCUT2D eigenvalue weighted by Gasteiger charge is -2.24. The summed E-state index contributed by atoms with van der Waals surface area (Å²) in [4.78, 5) is 0. The summed E-state index contributed by atoms with van der Waals surface area (Å²) in [5, 5.41) is 3.29. The largest absolute Gasteiger partial charge is 0.488 e. The molecule has 0 aliphatic carbocycles. The van der Waals surface area contributed by atoms with Crippen LogP contribution in [-0.2, 0) is 4.74 Å². The van der Waals surface area contributed by atoms with Crippen LogP contribution in [0, 0.1) is 5.82 Å². The molecular weight excluding hydrogens is 221 g/mol. The van der Waals surface area contributed by atoms with Gasteiger partial charge in [-0.3, -0.25) is 0 Å². The third-order valence-electron chi connectivity index (χ3n) is 2.64. The zero-order chi connectivity index (χ0) is 12.3. The highest BCUT2D eigenvalue weighted by molar-refractivity contribution is 5.31. The van der Waals surface area contributed by atoms with Crippen molar-refractivity contribution in [1.82, 2.24) is 5.32 Å². The van der Waals surface area contributed by atoms with Crippen molar-refractivity contribution in [3.05, 3.63) is 29.6 Å². The van der Waals surface area contributed by atoms with Crippen LogP contribution in [0.15, 0.2) is 18.2 Å². The summed E-state index contributed by atoms with van der Waals surface area (Å²) in [7, 11) is 0. The van der Waals surface area contributed by atoms with Gasteiger partial charge in [0.15, 0.2) is 11.6 Å². The Morgan fingerprint density at radius 1 is 1.47 bits per heavy atom. The van der Waals surface area contributed by atoms with Crippen molar-refractivity contribution >= 4 is 0 Å². The minimum Gasteiger partial charge on any atom is -0.488 e. The Balaban J connectivity index is 2.12. The monoisotopic (exact) mass is 239 g/mol. The lowest BCUT2D eigenvalue weighted by atomic mass is 10.1. The van der Waals surface area contributed by atoms with E-state index in [2.05, 4.69) is 5.32 Å². The zero-order valence-corrected chi connectivity index (χ0v) is 10.2. The van der Waals surface area contributed by atoms with Crippen molar-refractivity contribution < 1.29 is 13.9 Å². The molecule has 17 heavy (non-hydrogen) atoms. The first-order valence-electron chi connectivity index (χ1n) is 5.94. The molecular formula is C13H18FNO2. The normalized spacial score (nSPS) is 20.6. The third-order valence-corrected chi connectivity index (χ3v) is 2.64. The van der Waals surface area contributed by atoms with Gasteiger partial charge in [-0.2, -0.15) is 0 Å². The predicted molar refractivity (Wildman–Crippen MR) is 63.7 cm³/mol. The van der Waals surface area contributed by atoms with E-state index in [1.54, 1.807) is 6.07 Å². The minimum absolute atomic E-state index is 0.0218. The third kappa shape index (κ3) is 3.17. The summed E-state index contributed by atoms with van der Waals surface area (Å²) in [6.07, 6.45) is -0.0218.